The van der Waals surface area contributed by atoms with Crippen LogP contribution in [0.1, 0.15) is 48.3 Å². The van der Waals surface area contributed by atoms with Crippen LogP contribution >= 0.6 is 22.9 Å². The number of nitrogens with one attached hydrogen (secondary N) is 1. The van der Waals surface area contributed by atoms with Crippen LogP contribution in [0.5, 0.6) is 0 Å². The molecule has 0 aliphatic rings. The van der Waals surface area contributed by atoms with Gasteiger partial charge in [-0.05, 0) is 31.2 Å². The fraction of sp³-hybridized carbons (Fsp3) is 0.0625. The number of benzene rings is 4. The third kappa shape index (κ3) is 6.17. The number of amides is 1. The van der Waals surface area contributed by atoms with Crippen LogP contribution in [0.15, 0.2) is 109 Å². The highest BCUT2D eigenvalue weighted by Crippen LogP contribution is 2.28. The molecular weight excluding hydrogens is 544 g/mol. The topological polar surface area (TPSA) is 85.4 Å². The van der Waals surface area contributed by atoms with Crippen molar-refractivity contribution in [2.24, 2.45) is 0 Å². The van der Waals surface area contributed by atoms with Crippen molar-refractivity contribution in [3.05, 3.63) is 141 Å². The monoisotopic (exact) mass is 566 g/mol. The number of carbonyl (C=O) groups is 3. The molecule has 1 aromatic heterocycles. The molecule has 1 heterocycles. The standard InChI is InChI=1S/C32H23ClN2O4S/c1-20-11-13-21(14-12-20)27-19-40-32(34-27)35-30(37)25-9-5-6-10-26(25)31(38)39-29(23-15-17-24(33)18-16-23)28(36)22-7-3-2-4-8-22/h2-19,29H,1H3,(H,34,35,37)/t29-/m1/s1. The maximum absolute atomic E-state index is 13.4. The quantitative estimate of drug-likeness (QED) is 0.153. The van der Waals surface area contributed by atoms with Crippen molar-refractivity contribution in [1.29, 1.82) is 0 Å². The summed E-state index contributed by atoms with van der Waals surface area (Å²) >= 11 is 7.32. The van der Waals surface area contributed by atoms with E-state index in [2.05, 4.69) is 10.3 Å². The van der Waals surface area contributed by atoms with E-state index < -0.39 is 23.8 Å². The minimum absolute atomic E-state index is 0.0233. The molecule has 198 valence electrons. The number of ether oxygens (including phenoxy) is 1. The Morgan fingerprint density at radius 3 is 2.17 bits per heavy atom. The van der Waals surface area contributed by atoms with Crippen LogP contribution in [0.3, 0.4) is 0 Å². The van der Waals surface area contributed by atoms with E-state index in [4.69, 9.17) is 16.3 Å². The van der Waals surface area contributed by atoms with Crippen LogP contribution in [0.25, 0.3) is 11.3 Å². The Hall–Kier alpha value is -4.59. The number of carbonyl (C=O) groups excluding carboxylic acids is 3. The second kappa shape index (κ2) is 12.1. The Morgan fingerprint density at radius 2 is 1.48 bits per heavy atom. The number of halogens is 1. The largest absolute Gasteiger partial charge is 0.445 e. The number of anilines is 1. The molecule has 5 rings (SSSR count). The summed E-state index contributed by atoms with van der Waals surface area (Å²) in [5.41, 5.74) is 3.77. The maximum Gasteiger partial charge on any atom is 0.340 e. The summed E-state index contributed by atoms with van der Waals surface area (Å²) in [6.45, 7) is 2.01. The van der Waals surface area contributed by atoms with Crippen molar-refractivity contribution in [3.8, 4) is 11.3 Å². The first kappa shape index (κ1) is 27.0. The maximum atomic E-state index is 13.4. The highest BCUT2D eigenvalue weighted by Gasteiger charge is 2.28. The highest BCUT2D eigenvalue weighted by atomic mass is 35.5. The van der Waals surface area contributed by atoms with Gasteiger partial charge in [0.25, 0.3) is 5.91 Å². The Balaban J connectivity index is 1.38. The van der Waals surface area contributed by atoms with Crippen molar-refractivity contribution < 1.29 is 19.1 Å². The van der Waals surface area contributed by atoms with Gasteiger partial charge >= 0.3 is 5.97 Å². The molecule has 0 spiro atoms. The Bertz CT molecular complexity index is 1670. The minimum Gasteiger partial charge on any atom is -0.445 e. The lowest BCUT2D eigenvalue weighted by atomic mass is 9.99. The van der Waals surface area contributed by atoms with E-state index >= 15 is 0 Å². The van der Waals surface area contributed by atoms with Crippen LogP contribution in [0, 0.1) is 6.92 Å². The summed E-state index contributed by atoms with van der Waals surface area (Å²) in [7, 11) is 0. The molecule has 1 N–H and O–H groups in total. The van der Waals surface area contributed by atoms with E-state index in [0.29, 0.717) is 21.3 Å². The summed E-state index contributed by atoms with van der Waals surface area (Å²) in [6.07, 6.45) is -1.24. The Morgan fingerprint density at radius 1 is 0.825 bits per heavy atom. The molecule has 0 fully saturated rings. The van der Waals surface area contributed by atoms with Crippen molar-refractivity contribution in [1.82, 2.24) is 4.98 Å². The van der Waals surface area contributed by atoms with Crippen LogP contribution < -0.4 is 5.32 Å². The number of ketones is 1. The van der Waals surface area contributed by atoms with Gasteiger partial charge in [-0.3, -0.25) is 14.9 Å². The van der Waals surface area contributed by atoms with E-state index in [1.165, 1.54) is 23.5 Å². The molecule has 6 nitrogen and oxygen atoms in total. The lowest BCUT2D eigenvalue weighted by molar-refractivity contribution is 0.0278. The predicted molar refractivity (Wildman–Crippen MR) is 157 cm³/mol. The molecule has 1 amide bonds. The van der Waals surface area contributed by atoms with Gasteiger partial charge in [0.2, 0.25) is 5.78 Å². The molecule has 0 unspecified atom stereocenters. The van der Waals surface area contributed by atoms with Gasteiger partial charge in [-0.15, -0.1) is 11.3 Å². The molecule has 0 bridgehead atoms. The first-order valence-electron chi connectivity index (χ1n) is 12.4. The Kier molecular flexibility index (Phi) is 8.15. The van der Waals surface area contributed by atoms with Crippen molar-refractivity contribution >= 4 is 45.7 Å². The van der Waals surface area contributed by atoms with E-state index in [0.717, 1.165) is 16.8 Å². The number of nitrogens with zero attached hydrogens (tertiary/aromatic N) is 1. The van der Waals surface area contributed by atoms with Crippen molar-refractivity contribution in [3.63, 3.8) is 0 Å². The first-order chi connectivity index (χ1) is 19.4. The summed E-state index contributed by atoms with van der Waals surface area (Å²) < 4.78 is 5.77. The number of aryl methyl sites for hydroxylation is 1. The number of rotatable bonds is 8. The first-order valence-corrected chi connectivity index (χ1v) is 13.6. The fourth-order valence-electron chi connectivity index (χ4n) is 4.05. The van der Waals surface area contributed by atoms with Gasteiger partial charge in [-0.2, -0.15) is 0 Å². The second-order valence-corrected chi connectivity index (χ2v) is 10.3. The van der Waals surface area contributed by atoms with Crippen molar-refractivity contribution in [2.75, 3.05) is 5.32 Å². The van der Waals surface area contributed by atoms with Crippen LogP contribution in [-0.4, -0.2) is 22.6 Å². The smallest absolute Gasteiger partial charge is 0.340 e. The van der Waals surface area contributed by atoms with Crippen LogP contribution in [0.2, 0.25) is 5.02 Å². The molecule has 0 saturated heterocycles. The minimum atomic E-state index is -1.24. The van der Waals surface area contributed by atoms with E-state index in [1.54, 1.807) is 66.7 Å². The average molecular weight is 567 g/mol. The number of hydrogen-bond acceptors (Lipinski definition) is 6. The van der Waals surface area contributed by atoms with Gasteiger partial charge in [-0.1, -0.05) is 96.0 Å². The van der Waals surface area contributed by atoms with E-state index in [-0.39, 0.29) is 11.1 Å². The number of hydrogen-bond donors (Lipinski definition) is 1. The van der Waals surface area contributed by atoms with Crippen LogP contribution in [-0.2, 0) is 4.74 Å². The number of Topliss-reactive ketones (excluding diaryl/α,β-unsaturated/α-hetero) is 1. The third-order valence-corrected chi connectivity index (χ3v) is 7.17. The molecule has 0 saturated carbocycles. The summed E-state index contributed by atoms with van der Waals surface area (Å²) in [4.78, 5) is 44.6. The predicted octanol–water partition coefficient (Wildman–Crippen LogP) is 7.81. The molecule has 0 aliphatic heterocycles. The Labute approximate surface area is 240 Å². The lowest BCUT2D eigenvalue weighted by Gasteiger charge is -2.18. The van der Waals surface area contributed by atoms with E-state index in [1.807, 2.05) is 36.6 Å². The third-order valence-electron chi connectivity index (χ3n) is 6.16. The lowest BCUT2D eigenvalue weighted by Crippen LogP contribution is -2.23. The fourth-order valence-corrected chi connectivity index (χ4v) is 4.89. The van der Waals surface area contributed by atoms with Crippen LogP contribution in [0.4, 0.5) is 5.13 Å². The zero-order chi connectivity index (χ0) is 28.1. The number of esters is 1. The number of thiazole rings is 1. The zero-order valence-corrected chi connectivity index (χ0v) is 22.9. The molecule has 0 radical (unpaired) electrons. The van der Waals surface area contributed by atoms with Gasteiger partial charge in [-0.25, -0.2) is 9.78 Å². The van der Waals surface area contributed by atoms with Gasteiger partial charge in [0.15, 0.2) is 11.2 Å². The second-order valence-electron chi connectivity index (χ2n) is 8.97. The van der Waals surface area contributed by atoms with E-state index in [9.17, 15) is 14.4 Å². The molecule has 40 heavy (non-hydrogen) atoms. The van der Waals surface area contributed by atoms with Gasteiger partial charge in [0, 0.05) is 27.1 Å². The van der Waals surface area contributed by atoms with Gasteiger partial charge in [0.1, 0.15) is 0 Å². The summed E-state index contributed by atoms with van der Waals surface area (Å²) in [5.74, 6) is -1.73. The molecule has 5 aromatic rings. The normalized spacial score (nSPS) is 11.4. The molecule has 4 aromatic carbocycles. The summed E-state index contributed by atoms with van der Waals surface area (Å²) in [6, 6.07) is 29.3. The van der Waals surface area contributed by atoms with Crippen molar-refractivity contribution in [2.45, 2.75) is 13.0 Å². The summed E-state index contributed by atoms with van der Waals surface area (Å²) in [5, 5.41) is 5.50. The zero-order valence-electron chi connectivity index (χ0n) is 21.3. The molecule has 1 atom stereocenters. The number of aromatic nitrogens is 1. The highest BCUT2D eigenvalue weighted by molar-refractivity contribution is 7.14. The SMILES string of the molecule is Cc1ccc(-c2csc(NC(=O)c3ccccc3C(=O)O[C@@H](C(=O)c3ccccc3)c3ccc(Cl)cc3)n2)cc1. The molecular formula is C32H23ClN2O4S. The van der Waals surface area contributed by atoms with Gasteiger partial charge < -0.3 is 4.74 Å². The average Bonchev–Trinajstić information content (AvgIpc) is 3.45. The molecule has 0 aliphatic carbocycles. The van der Waals surface area contributed by atoms with Gasteiger partial charge in [0.05, 0.1) is 16.8 Å². The molecule has 8 heteroatoms.